The Balaban J connectivity index is 1.85. The predicted molar refractivity (Wildman–Crippen MR) is 83.5 cm³/mol. The lowest BCUT2D eigenvalue weighted by molar-refractivity contribution is -0.136. The first kappa shape index (κ1) is 15.6. The number of amides is 1. The molecule has 120 valence electrons. The van der Waals surface area contributed by atoms with E-state index in [0.717, 1.165) is 24.0 Å². The van der Waals surface area contributed by atoms with Crippen LogP contribution in [0.25, 0.3) is 0 Å². The van der Waals surface area contributed by atoms with E-state index in [1.807, 2.05) is 35.8 Å². The molecule has 3 rings (SSSR count). The molecule has 1 fully saturated rings. The van der Waals surface area contributed by atoms with Gasteiger partial charge in [-0.3, -0.25) is 15.0 Å². The predicted octanol–water partition coefficient (Wildman–Crippen LogP) is 3.32. The number of carbonyl (C=O) groups is 1. The van der Waals surface area contributed by atoms with Crippen molar-refractivity contribution in [3.8, 4) is 0 Å². The van der Waals surface area contributed by atoms with Crippen molar-refractivity contribution in [1.29, 1.82) is 0 Å². The van der Waals surface area contributed by atoms with Crippen molar-refractivity contribution in [3.05, 3.63) is 65.7 Å². The number of hydrogen-bond donors (Lipinski definition) is 2. The van der Waals surface area contributed by atoms with Crippen LogP contribution >= 0.6 is 0 Å². The molecule has 4 nitrogen and oxygen atoms in total. The number of rotatable bonds is 3. The third kappa shape index (κ3) is 2.97. The summed E-state index contributed by atoms with van der Waals surface area (Å²) in [5.74, 6) is -0.531. The third-order valence-corrected chi connectivity index (χ3v) is 4.90. The molecule has 1 amide bonds. The number of carbonyl (C=O) groups excluding carboxylic acids is 1. The molecule has 0 spiro atoms. The van der Waals surface area contributed by atoms with E-state index in [-0.39, 0.29) is 17.6 Å². The van der Waals surface area contributed by atoms with E-state index in [2.05, 4.69) is 4.98 Å². The van der Waals surface area contributed by atoms with Crippen molar-refractivity contribution in [1.82, 2.24) is 10.5 Å². The Morgan fingerprint density at radius 1 is 1.22 bits per heavy atom. The van der Waals surface area contributed by atoms with E-state index in [0.29, 0.717) is 12.8 Å². The Bertz CT molecular complexity index is 682. The smallest absolute Gasteiger partial charge is 0.253 e. The summed E-state index contributed by atoms with van der Waals surface area (Å²) in [6.07, 6.45) is 5.57. The van der Waals surface area contributed by atoms with Gasteiger partial charge in [0.25, 0.3) is 5.91 Å². The van der Waals surface area contributed by atoms with Gasteiger partial charge in [0.2, 0.25) is 0 Å². The molecule has 1 heterocycles. The zero-order chi connectivity index (χ0) is 16.3. The molecule has 0 atom stereocenters. The molecule has 0 aliphatic heterocycles. The molecular weight excluding hydrogens is 295 g/mol. The third-order valence-electron chi connectivity index (χ3n) is 4.90. The van der Waals surface area contributed by atoms with E-state index in [9.17, 15) is 14.4 Å². The fraction of sp³-hybridized carbons (Fsp3) is 0.333. The zero-order valence-electron chi connectivity index (χ0n) is 12.7. The van der Waals surface area contributed by atoms with Crippen molar-refractivity contribution < 1.29 is 14.4 Å². The Morgan fingerprint density at radius 2 is 1.91 bits per heavy atom. The average Bonchev–Trinajstić information content (AvgIpc) is 2.62. The normalized spacial score (nSPS) is 24.2. The van der Waals surface area contributed by atoms with Gasteiger partial charge in [0.05, 0.1) is 11.6 Å². The van der Waals surface area contributed by atoms with Crippen LogP contribution in [0.1, 0.15) is 42.7 Å². The Kier molecular flexibility index (Phi) is 4.39. The Morgan fingerprint density at radius 3 is 2.52 bits per heavy atom. The number of halogens is 1. The molecule has 0 unspecified atom stereocenters. The summed E-state index contributed by atoms with van der Waals surface area (Å²) in [5, 5.41) is 9.17. The molecular formula is C18H19FN2O2. The quantitative estimate of drug-likeness (QED) is 0.675. The fourth-order valence-corrected chi connectivity index (χ4v) is 3.61. The van der Waals surface area contributed by atoms with Crippen molar-refractivity contribution in [2.24, 2.45) is 0 Å². The SMILES string of the molecule is O=C(NO)[C@]1(c2ccccc2)CC[C@H](c2cncc(F)c2)CC1. The molecule has 5 heteroatoms. The van der Waals surface area contributed by atoms with Gasteiger partial charge >= 0.3 is 0 Å². The summed E-state index contributed by atoms with van der Waals surface area (Å²) in [5.41, 5.74) is 2.87. The second-order valence-corrected chi connectivity index (χ2v) is 6.10. The number of aromatic nitrogens is 1. The number of benzene rings is 1. The van der Waals surface area contributed by atoms with Crippen molar-refractivity contribution in [2.75, 3.05) is 0 Å². The van der Waals surface area contributed by atoms with Gasteiger partial charge in [0.15, 0.2) is 0 Å². The van der Waals surface area contributed by atoms with E-state index in [4.69, 9.17) is 0 Å². The lowest BCUT2D eigenvalue weighted by Crippen LogP contribution is -2.45. The van der Waals surface area contributed by atoms with Gasteiger partial charge in [-0.15, -0.1) is 0 Å². The molecule has 23 heavy (non-hydrogen) atoms. The number of hydroxylamine groups is 1. The van der Waals surface area contributed by atoms with Crippen LogP contribution in [0.15, 0.2) is 48.8 Å². The minimum Gasteiger partial charge on any atom is -0.289 e. The number of nitrogens with zero attached hydrogens (tertiary/aromatic N) is 1. The highest BCUT2D eigenvalue weighted by Gasteiger charge is 2.43. The topological polar surface area (TPSA) is 62.2 Å². The van der Waals surface area contributed by atoms with Gasteiger partial charge in [-0.25, -0.2) is 9.87 Å². The highest BCUT2D eigenvalue weighted by atomic mass is 19.1. The van der Waals surface area contributed by atoms with Crippen LogP contribution in [0.5, 0.6) is 0 Å². The van der Waals surface area contributed by atoms with Gasteiger partial charge in [-0.2, -0.15) is 0 Å². The largest absolute Gasteiger partial charge is 0.289 e. The summed E-state index contributed by atoms with van der Waals surface area (Å²) >= 11 is 0. The van der Waals surface area contributed by atoms with E-state index in [1.54, 1.807) is 6.20 Å². The second-order valence-electron chi connectivity index (χ2n) is 6.10. The maximum atomic E-state index is 13.4. The van der Waals surface area contributed by atoms with Gasteiger partial charge in [-0.1, -0.05) is 30.3 Å². The lowest BCUT2D eigenvalue weighted by Gasteiger charge is -2.38. The summed E-state index contributed by atoms with van der Waals surface area (Å²) in [6.45, 7) is 0. The standard InChI is InChI=1S/C18H19FN2O2/c19-16-10-14(11-20-12-16)13-6-8-18(9-7-13,17(22)21-23)15-4-2-1-3-5-15/h1-5,10-13,23H,6-9H2,(H,21,22)/t13-,18+. The Labute approximate surface area is 134 Å². The maximum absolute atomic E-state index is 13.4. The molecule has 1 aliphatic rings. The molecule has 2 N–H and O–H groups in total. The number of pyridine rings is 1. The van der Waals surface area contributed by atoms with Gasteiger partial charge in [0.1, 0.15) is 5.82 Å². The fourth-order valence-electron chi connectivity index (χ4n) is 3.61. The van der Waals surface area contributed by atoms with Crippen LogP contribution in [0.4, 0.5) is 4.39 Å². The maximum Gasteiger partial charge on any atom is 0.253 e. The van der Waals surface area contributed by atoms with Crippen LogP contribution in [0.3, 0.4) is 0 Å². The molecule has 1 aliphatic carbocycles. The molecule has 2 aromatic rings. The average molecular weight is 314 g/mol. The Hall–Kier alpha value is -2.27. The monoisotopic (exact) mass is 314 g/mol. The highest BCUT2D eigenvalue weighted by molar-refractivity contribution is 5.87. The first-order valence-corrected chi connectivity index (χ1v) is 7.76. The van der Waals surface area contributed by atoms with E-state index in [1.165, 1.54) is 12.3 Å². The lowest BCUT2D eigenvalue weighted by atomic mass is 9.65. The van der Waals surface area contributed by atoms with Crippen LogP contribution in [-0.4, -0.2) is 16.1 Å². The molecule has 1 aromatic heterocycles. The van der Waals surface area contributed by atoms with Crippen molar-refractivity contribution >= 4 is 5.91 Å². The van der Waals surface area contributed by atoms with Crippen LogP contribution < -0.4 is 5.48 Å². The molecule has 0 saturated heterocycles. The highest BCUT2D eigenvalue weighted by Crippen LogP contribution is 2.45. The summed E-state index contributed by atoms with van der Waals surface area (Å²) in [6, 6.07) is 11.0. The van der Waals surface area contributed by atoms with Gasteiger partial charge in [0, 0.05) is 6.20 Å². The molecule has 1 saturated carbocycles. The minimum atomic E-state index is -0.729. The van der Waals surface area contributed by atoms with Crippen molar-refractivity contribution in [2.45, 2.75) is 37.0 Å². The zero-order valence-corrected chi connectivity index (χ0v) is 12.7. The number of hydrogen-bond acceptors (Lipinski definition) is 3. The van der Waals surface area contributed by atoms with Gasteiger partial charge in [-0.05, 0) is 48.8 Å². The van der Waals surface area contributed by atoms with Crippen LogP contribution in [0, 0.1) is 5.82 Å². The molecule has 0 radical (unpaired) electrons. The first-order chi connectivity index (χ1) is 11.2. The molecule has 1 aromatic carbocycles. The molecule has 0 bridgehead atoms. The summed E-state index contributed by atoms with van der Waals surface area (Å²) in [4.78, 5) is 16.3. The van der Waals surface area contributed by atoms with Gasteiger partial charge < -0.3 is 0 Å². The van der Waals surface area contributed by atoms with E-state index < -0.39 is 5.41 Å². The van der Waals surface area contributed by atoms with Crippen LogP contribution in [-0.2, 0) is 10.2 Å². The first-order valence-electron chi connectivity index (χ1n) is 7.76. The van der Waals surface area contributed by atoms with Crippen LogP contribution in [0.2, 0.25) is 0 Å². The second kappa shape index (κ2) is 6.46. The van der Waals surface area contributed by atoms with E-state index >= 15 is 0 Å². The van der Waals surface area contributed by atoms with Crippen molar-refractivity contribution in [3.63, 3.8) is 0 Å². The number of nitrogens with one attached hydrogen (secondary N) is 1. The summed E-state index contributed by atoms with van der Waals surface area (Å²) in [7, 11) is 0. The minimum absolute atomic E-state index is 0.182. The summed E-state index contributed by atoms with van der Waals surface area (Å²) < 4.78 is 13.4.